The van der Waals surface area contributed by atoms with Crippen LogP contribution >= 0.6 is 23.4 Å². The van der Waals surface area contributed by atoms with Gasteiger partial charge in [-0.2, -0.15) is 0 Å². The molecule has 5 nitrogen and oxygen atoms in total. The van der Waals surface area contributed by atoms with E-state index in [9.17, 15) is 4.79 Å². The van der Waals surface area contributed by atoms with Gasteiger partial charge in [-0.3, -0.25) is 4.79 Å². The molecule has 2 heterocycles. The molecule has 1 unspecified atom stereocenters. The molecule has 1 atom stereocenters. The number of benzene rings is 1. The van der Waals surface area contributed by atoms with E-state index in [0.717, 1.165) is 11.3 Å². The summed E-state index contributed by atoms with van der Waals surface area (Å²) in [6.07, 6.45) is 0. The average Bonchev–Trinajstić information content (AvgIpc) is 3.12. The van der Waals surface area contributed by atoms with E-state index >= 15 is 0 Å². The number of nitrogens with zero attached hydrogens (tertiary/aromatic N) is 2. The third kappa shape index (κ3) is 2.86. The molecule has 1 fully saturated rings. The molecule has 1 aromatic carbocycles. The molecule has 2 N–H and O–H groups in total. The molecular weight excluding hydrogens is 322 g/mol. The number of oxazole rings is 1. The zero-order chi connectivity index (χ0) is 15.7. The Labute approximate surface area is 137 Å². The van der Waals surface area contributed by atoms with Gasteiger partial charge in [-0.25, -0.2) is 4.98 Å². The van der Waals surface area contributed by atoms with E-state index < -0.39 is 0 Å². The van der Waals surface area contributed by atoms with Crippen LogP contribution in [0.2, 0.25) is 5.02 Å². The fourth-order valence-electron chi connectivity index (χ4n) is 2.48. The Morgan fingerprint density at radius 3 is 3.14 bits per heavy atom. The fourth-order valence-corrected chi connectivity index (χ4v) is 3.76. The fraction of sp³-hybridized carbons (Fsp3) is 0.333. The van der Waals surface area contributed by atoms with Crippen LogP contribution in [-0.2, 0) is 0 Å². The molecule has 1 amide bonds. The van der Waals surface area contributed by atoms with E-state index in [1.807, 2.05) is 12.1 Å². The third-order valence-electron chi connectivity index (χ3n) is 3.48. The lowest BCUT2D eigenvalue weighted by Gasteiger charge is -2.21. The molecule has 116 valence electrons. The molecule has 0 bridgehead atoms. The van der Waals surface area contributed by atoms with Crippen LogP contribution in [0.25, 0.3) is 11.3 Å². The van der Waals surface area contributed by atoms with Crippen molar-refractivity contribution in [1.29, 1.82) is 0 Å². The SMILES string of the molecule is Cc1nc(C(=O)N2CCSC2CN)c(-c2cccc(Cl)c2)o1. The zero-order valence-corrected chi connectivity index (χ0v) is 13.7. The van der Waals surface area contributed by atoms with Gasteiger partial charge < -0.3 is 15.1 Å². The van der Waals surface area contributed by atoms with E-state index in [-0.39, 0.29) is 11.3 Å². The minimum atomic E-state index is -0.146. The van der Waals surface area contributed by atoms with E-state index in [2.05, 4.69) is 4.98 Å². The highest BCUT2D eigenvalue weighted by Crippen LogP contribution is 2.30. The lowest BCUT2D eigenvalue weighted by molar-refractivity contribution is 0.0759. The van der Waals surface area contributed by atoms with Crippen LogP contribution in [0.5, 0.6) is 0 Å². The predicted octanol–water partition coefficient (Wildman–Crippen LogP) is 2.78. The Kier molecular flexibility index (Phi) is 4.42. The van der Waals surface area contributed by atoms with Gasteiger partial charge in [0.25, 0.3) is 5.91 Å². The number of halogens is 1. The maximum atomic E-state index is 12.8. The highest BCUT2D eigenvalue weighted by molar-refractivity contribution is 8.00. The molecular formula is C15H16ClN3O2S. The Balaban J connectivity index is 1.99. The predicted molar refractivity (Wildman–Crippen MR) is 88.0 cm³/mol. The van der Waals surface area contributed by atoms with Crippen molar-refractivity contribution in [2.45, 2.75) is 12.3 Å². The lowest BCUT2D eigenvalue weighted by atomic mass is 10.1. The van der Waals surface area contributed by atoms with Crippen LogP contribution in [-0.4, -0.2) is 40.0 Å². The molecule has 1 saturated heterocycles. The number of thioether (sulfide) groups is 1. The Hall–Kier alpha value is -1.50. The molecule has 0 aliphatic carbocycles. The molecule has 0 radical (unpaired) electrons. The number of hydrogen-bond acceptors (Lipinski definition) is 5. The molecule has 1 aromatic heterocycles. The highest BCUT2D eigenvalue weighted by Gasteiger charge is 2.32. The van der Waals surface area contributed by atoms with Crippen molar-refractivity contribution in [3.8, 4) is 11.3 Å². The Morgan fingerprint density at radius 2 is 2.41 bits per heavy atom. The zero-order valence-electron chi connectivity index (χ0n) is 12.1. The first kappa shape index (κ1) is 15.4. The summed E-state index contributed by atoms with van der Waals surface area (Å²) < 4.78 is 5.65. The van der Waals surface area contributed by atoms with Crippen LogP contribution in [0, 0.1) is 6.92 Å². The largest absolute Gasteiger partial charge is 0.440 e. The van der Waals surface area contributed by atoms with Gasteiger partial charge in [-0.05, 0) is 12.1 Å². The minimum absolute atomic E-state index is 0.00304. The molecule has 0 saturated carbocycles. The van der Waals surface area contributed by atoms with E-state index in [1.165, 1.54) is 0 Å². The van der Waals surface area contributed by atoms with Crippen molar-refractivity contribution in [3.63, 3.8) is 0 Å². The molecule has 0 spiro atoms. The standard InChI is InChI=1S/C15H16ClN3O2S/c1-9-18-13(15(20)19-5-6-22-12(19)8-17)14(21-9)10-3-2-4-11(16)7-10/h2-4,7,12H,5-6,8,17H2,1H3. The van der Waals surface area contributed by atoms with Crippen molar-refractivity contribution in [2.24, 2.45) is 5.73 Å². The summed E-state index contributed by atoms with van der Waals surface area (Å²) in [5.41, 5.74) is 6.80. The van der Waals surface area contributed by atoms with E-state index in [0.29, 0.717) is 35.5 Å². The summed E-state index contributed by atoms with van der Waals surface area (Å²) in [5.74, 6) is 1.65. The number of rotatable bonds is 3. The summed E-state index contributed by atoms with van der Waals surface area (Å²) in [7, 11) is 0. The maximum absolute atomic E-state index is 12.8. The number of aromatic nitrogens is 1. The van der Waals surface area contributed by atoms with Crippen LogP contribution in [0.3, 0.4) is 0 Å². The van der Waals surface area contributed by atoms with Crippen LogP contribution in [0.4, 0.5) is 0 Å². The van der Waals surface area contributed by atoms with Gasteiger partial charge in [0.15, 0.2) is 17.3 Å². The molecule has 1 aliphatic rings. The molecule has 22 heavy (non-hydrogen) atoms. The Morgan fingerprint density at radius 1 is 1.59 bits per heavy atom. The van der Waals surface area contributed by atoms with E-state index in [1.54, 1.807) is 35.7 Å². The highest BCUT2D eigenvalue weighted by atomic mass is 35.5. The maximum Gasteiger partial charge on any atom is 0.277 e. The number of nitrogens with two attached hydrogens (primary N) is 1. The first-order valence-corrected chi connectivity index (χ1v) is 8.39. The van der Waals surface area contributed by atoms with Crippen LogP contribution in [0.15, 0.2) is 28.7 Å². The first-order chi connectivity index (χ1) is 10.6. The number of hydrogen-bond donors (Lipinski definition) is 1. The molecule has 7 heteroatoms. The molecule has 1 aliphatic heterocycles. The molecule has 3 rings (SSSR count). The van der Waals surface area contributed by atoms with Gasteiger partial charge >= 0.3 is 0 Å². The average molecular weight is 338 g/mol. The second-order valence-corrected chi connectivity index (χ2v) is 6.70. The van der Waals surface area contributed by atoms with Crippen LogP contribution in [0.1, 0.15) is 16.4 Å². The second-order valence-electron chi connectivity index (χ2n) is 4.98. The van der Waals surface area contributed by atoms with Crippen LogP contribution < -0.4 is 5.73 Å². The minimum Gasteiger partial charge on any atom is -0.440 e. The second kappa shape index (κ2) is 6.32. The van der Waals surface area contributed by atoms with Gasteiger partial charge in [0.05, 0.1) is 5.37 Å². The van der Waals surface area contributed by atoms with Gasteiger partial charge in [-0.15, -0.1) is 11.8 Å². The van der Waals surface area contributed by atoms with Crippen molar-refractivity contribution in [2.75, 3.05) is 18.8 Å². The quantitative estimate of drug-likeness (QED) is 0.932. The number of amides is 1. The number of carbonyl (C=O) groups excluding carboxylic acids is 1. The Bertz CT molecular complexity index is 704. The summed E-state index contributed by atoms with van der Waals surface area (Å²) in [5, 5.41) is 0.582. The summed E-state index contributed by atoms with van der Waals surface area (Å²) in [6.45, 7) is 2.83. The summed E-state index contributed by atoms with van der Waals surface area (Å²) >= 11 is 7.71. The summed E-state index contributed by atoms with van der Waals surface area (Å²) in [4.78, 5) is 18.8. The van der Waals surface area contributed by atoms with Crippen molar-refractivity contribution < 1.29 is 9.21 Å². The smallest absolute Gasteiger partial charge is 0.277 e. The van der Waals surface area contributed by atoms with Crippen molar-refractivity contribution >= 4 is 29.3 Å². The first-order valence-electron chi connectivity index (χ1n) is 6.96. The van der Waals surface area contributed by atoms with Gasteiger partial charge in [-0.1, -0.05) is 23.7 Å². The normalized spacial score (nSPS) is 18.0. The number of aryl methyl sites for hydroxylation is 1. The third-order valence-corrected chi connectivity index (χ3v) is 4.96. The molecule has 2 aromatic rings. The van der Waals surface area contributed by atoms with Crippen molar-refractivity contribution in [3.05, 3.63) is 40.9 Å². The lowest BCUT2D eigenvalue weighted by Crippen LogP contribution is -2.39. The van der Waals surface area contributed by atoms with E-state index in [4.69, 9.17) is 21.8 Å². The van der Waals surface area contributed by atoms with Crippen molar-refractivity contribution in [1.82, 2.24) is 9.88 Å². The summed E-state index contributed by atoms with van der Waals surface area (Å²) in [6, 6.07) is 7.20. The van der Waals surface area contributed by atoms with Gasteiger partial charge in [0.2, 0.25) is 0 Å². The number of carbonyl (C=O) groups is 1. The van der Waals surface area contributed by atoms with Gasteiger partial charge in [0.1, 0.15) is 0 Å². The monoisotopic (exact) mass is 337 g/mol. The topological polar surface area (TPSA) is 72.4 Å². The van der Waals surface area contributed by atoms with Gasteiger partial charge in [0, 0.05) is 36.4 Å².